The summed E-state index contributed by atoms with van der Waals surface area (Å²) in [6, 6.07) is 0.166. The topological polar surface area (TPSA) is 41.9 Å². The highest BCUT2D eigenvalue weighted by molar-refractivity contribution is 8.17. The number of likely N-dealkylation sites (tertiary alicyclic amines) is 1. The van der Waals surface area contributed by atoms with E-state index in [0.717, 1.165) is 32.4 Å². The van der Waals surface area contributed by atoms with Gasteiger partial charge < -0.3 is 9.64 Å². The van der Waals surface area contributed by atoms with Crippen LogP contribution in [0.4, 0.5) is 4.79 Å². The van der Waals surface area contributed by atoms with Crippen LogP contribution in [0, 0.1) is 5.92 Å². The van der Waals surface area contributed by atoms with Gasteiger partial charge in [0, 0.05) is 23.9 Å². The molecule has 0 bridgehead atoms. The van der Waals surface area contributed by atoms with Crippen molar-refractivity contribution in [3.05, 3.63) is 11.0 Å². The largest absolute Gasteiger partial charge is 0.444 e. The van der Waals surface area contributed by atoms with Gasteiger partial charge in [-0.3, -0.25) is 4.99 Å². The van der Waals surface area contributed by atoms with Crippen LogP contribution in [0.25, 0.3) is 0 Å². The molecule has 2 fully saturated rings. The van der Waals surface area contributed by atoms with Gasteiger partial charge in [-0.15, -0.1) is 0 Å². The molecule has 5 heteroatoms. The molecule has 0 spiro atoms. The second kappa shape index (κ2) is 10.2. The Bertz CT molecular complexity index is 584. The molecule has 0 aromatic rings. The molecule has 2 heterocycles. The number of thioether (sulfide) groups is 1. The monoisotopic (exact) mass is 406 g/mol. The van der Waals surface area contributed by atoms with E-state index in [4.69, 9.17) is 9.73 Å². The van der Waals surface area contributed by atoms with Crippen molar-refractivity contribution in [3.8, 4) is 0 Å². The lowest BCUT2D eigenvalue weighted by Gasteiger charge is -2.30. The maximum atomic E-state index is 12.7. The van der Waals surface area contributed by atoms with Gasteiger partial charge in [0.1, 0.15) is 5.60 Å². The molecule has 1 unspecified atom stereocenters. The van der Waals surface area contributed by atoms with E-state index in [1.807, 2.05) is 37.4 Å². The molecular formula is C23H38N2O2S. The molecule has 28 heavy (non-hydrogen) atoms. The number of hydrogen-bond acceptors (Lipinski definition) is 4. The standard InChI is InChI=1S/C23H38N2O2S/c1-23(2,3)27-22(26)25-17-11-14-19(25)20-15-10-16-24-21(28-20)18-12-8-6-4-5-7-9-13-18/h15,18-19H,4-14,16-17H2,1-3H3. The predicted molar refractivity (Wildman–Crippen MR) is 119 cm³/mol. The zero-order valence-electron chi connectivity index (χ0n) is 18.0. The average Bonchev–Trinajstić information content (AvgIpc) is 3.05. The lowest BCUT2D eigenvalue weighted by Crippen LogP contribution is -2.40. The maximum Gasteiger partial charge on any atom is 0.410 e. The first-order valence-electron chi connectivity index (χ1n) is 11.4. The Morgan fingerprint density at radius 3 is 2.43 bits per heavy atom. The average molecular weight is 407 g/mol. The molecule has 0 radical (unpaired) electrons. The van der Waals surface area contributed by atoms with Crippen LogP contribution >= 0.6 is 11.8 Å². The van der Waals surface area contributed by atoms with Crippen molar-refractivity contribution >= 4 is 22.9 Å². The van der Waals surface area contributed by atoms with Gasteiger partial charge in [-0.1, -0.05) is 56.4 Å². The van der Waals surface area contributed by atoms with E-state index in [-0.39, 0.29) is 12.1 Å². The minimum Gasteiger partial charge on any atom is -0.444 e. The molecule has 1 atom stereocenters. The Morgan fingerprint density at radius 1 is 1.07 bits per heavy atom. The predicted octanol–water partition coefficient (Wildman–Crippen LogP) is 6.56. The van der Waals surface area contributed by atoms with Crippen molar-refractivity contribution in [1.82, 2.24) is 4.90 Å². The Labute approximate surface area is 175 Å². The molecule has 0 aromatic carbocycles. The number of amides is 1. The maximum absolute atomic E-state index is 12.7. The van der Waals surface area contributed by atoms with Crippen LogP contribution in [-0.2, 0) is 4.74 Å². The van der Waals surface area contributed by atoms with E-state index in [2.05, 4.69) is 6.08 Å². The molecule has 3 aliphatic rings. The Hall–Kier alpha value is -0.970. The lowest BCUT2D eigenvalue weighted by molar-refractivity contribution is 0.0253. The van der Waals surface area contributed by atoms with Gasteiger partial charge in [-0.05, 0) is 52.9 Å². The van der Waals surface area contributed by atoms with Crippen LogP contribution in [0.15, 0.2) is 16.0 Å². The van der Waals surface area contributed by atoms with Crippen molar-refractivity contribution in [2.24, 2.45) is 10.9 Å². The van der Waals surface area contributed by atoms with E-state index in [0.29, 0.717) is 5.92 Å². The van der Waals surface area contributed by atoms with Crippen LogP contribution in [0.1, 0.15) is 91.4 Å². The van der Waals surface area contributed by atoms with Crippen molar-refractivity contribution in [3.63, 3.8) is 0 Å². The molecular weight excluding hydrogens is 368 g/mol. The fourth-order valence-electron chi connectivity index (χ4n) is 4.47. The highest BCUT2D eigenvalue weighted by atomic mass is 32.2. The van der Waals surface area contributed by atoms with Crippen molar-refractivity contribution in [2.75, 3.05) is 13.1 Å². The first-order chi connectivity index (χ1) is 13.4. The van der Waals surface area contributed by atoms with Gasteiger partial charge in [-0.2, -0.15) is 0 Å². The fourth-order valence-corrected chi connectivity index (χ4v) is 5.86. The third-order valence-corrected chi connectivity index (χ3v) is 7.22. The quantitative estimate of drug-likeness (QED) is 0.522. The lowest BCUT2D eigenvalue weighted by atomic mass is 9.98. The molecule has 158 valence electrons. The van der Waals surface area contributed by atoms with Gasteiger partial charge in [0.05, 0.1) is 11.1 Å². The van der Waals surface area contributed by atoms with Crippen molar-refractivity contribution < 1.29 is 9.53 Å². The number of carbonyl (C=O) groups is 1. The minimum atomic E-state index is -0.445. The van der Waals surface area contributed by atoms with E-state index < -0.39 is 5.60 Å². The third-order valence-electron chi connectivity index (χ3n) is 5.88. The molecule has 1 saturated carbocycles. The molecule has 1 saturated heterocycles. The summed E-state index contributed by atoms with van der Waals surface area (Å²) in [5.74, 6) is 0.612. The second-order valence-corrected chi connectivity index (χ2v) is 10.5. The van der Waals surface area contributed by atoms with E-state index in [1.165, 1.54) is 61.3 Å². The molecule has 4 nitrogen and oxygen atoms in total. The fraction of sp³-hybridized carbons (Fsp3) is 0.826. The van der Waals surface area contributed by atoms with Gasteiger partial charge >= 0.3 is 6.09 Å². The Morgan fingerprint density at radius 2 is 1.75 bits per heavy atom. The highest BCUT2D eigenvalue weighted by Gasteiger charge is 2.35. The summed E-state index contributed by atoms with van der Waals surface area (Å²) in [7, 11) is 0. The molecule has 0 aromatic heterocycles. The Kier molecular flexibility index (Phi) is 7.90. The van der Waals surface area contributed by atoms with Crippen LogP contribution in [0.3, 0.4) is 0 Å². The number of carbonyl (C=O) groups excluding carboxylic acids is 1. The SMILES string of the molecule is CC(C)(C)OC(=O)N1CCCC1C1=CCCN=C(C2CCCCCCCC2)S1. The molecule has 1 aliphatic carbocycles. The first-order valence-corrected chi connectivity index (χ1v) is 12.2. The van der Waals surface area contributed by atoms with Crippen molar-refractivity contribution in [1.29, 1.82) is 0 Å². The first kappa shape index (κ1) is 21.7. The highest BCUT2D eigenvalue weighted by Crippen LogP contribution is 2.38. The van der Waals surface area contributed by atoms with E-state index >= 15 is 0 Å². The number of rotatable bonds is 2. The minimum absolute atomic E-state index is 0.165. The summed E-state index contributed by atoms with van der Waals surface area (Å²) < 4.78 is 5.68. The number of aliphatic imine (C=N–C) groups is 1. The normalized spacial score (nSPS) is 25.8. The Balaban J connectivity index is 1.68. The smallest absolute Gasteiger partial charge is 0.410 e. The van der Waals surface area contributed by atoms with E-state index in [9.17, 15) is 4.79 Å². The number of hydrogen-bond donors (Lipinski definition) is 0. The molecule has 3 rings (SSSR count). The molecule has 0 N–H and O–H groups in total. The summed E-state index contributed by atoms with van der Waals surface area (Å²) in [6.07, 6.45) is 16.0. The third kappa shape index (κ3) is 6.27. The van der Waals surface area contributed by atoms with Crippen LogP contribution < -0.4 is 0 Å². The molecule has 2 aliphatic heterocycles. The van der Waals surface area contributed by atoms with Crippen LogP contribution in [0.2, 0.25) is 0 Å². The number of nitrogens with zero attached hydrogens (tertiary/aromatic N) is 2. The van der Waals surface area contributed by atoms with Gasteiger partial charge in [0.25, 0.3) is 0 Å². The summed E-state index contributed by atoms with van der Waals surface area (Å²) in [6.45, 7) is 7.52. The zero-order chi connectivity index (χ0) is 20.0. The summed E-state index contributed by atoms with van der Waals surface area (Å²) in [5, 5.41) is 1.33. The van der Waals surface area contributed by atoms with Gasteiger partial charge in [0.2, 0.25) is 0 Å². The molecule has 1 amide bonds. The summed E-state index contributed by atoms with van der Waals surface area (Å²) in [4.78, 5) is 21.0. The van der Waals surface area contributed by atoms with Crippen LogP contribution in [0.5, 0.6) is 0 Å². The van der Waals surface area contributed by atoms with E-state index in [1.54, 1.807) is 0 Å². The second-order valence-electron chi connectivity index (χ2n) is 9.44. The van der Waals surface area contributed by atoms with Gasteiger partial charge in [0.15, 0.2) is 0 Å². The van der Waals surface area contributed by atoms with Crippen molar-refractivity contribution in [2.45, 2.75) is 103 Å². The summed E-state index contributed by atoms with van der Waals surface area (Å²) >= 11 is 1.88. The zero-order valence-corrected chi connectivity index (χ0v) is 18.9. The summed E-state index contributed by atoms with van der Waals surface area (Å²) in [5.41, 5.74) is -0.445. The van der Waals surface area contributed by atoms with Gasteiger partial charge in [-0.25, -0.2) is 4.79 Å². The van der Waals surface area contributed by atoms with Crippen LogP contribution in [-0.4, -0.2) is 40.8 Å². The number of ether oxygens (including phenoxy) is 1.